The minimum Gasteiger partial charge on any atom is -0.403 e. The predicted molar refractivity (Wildman–Crippen MR) is 104 cm³/mol. The highest BCUT2D eigenvalue weighted by atomic mass is 28.4. The number of ketones is 2. The molecule has 1 N–H and O–H groups in total. The van der Waals surface area contributed by atoms with Gasteiger partial charge in [0.2, 0.25) is 0 Å². The second-order valence-electron chi connectivity index (χ2n) is 10.7. The molecule has 0 spiro atoms. The maximum Gasteiger partial charge on any atom is 0.193 e. The van der Waals surface area contributed by atoms with Crippen LogP contribution in [-0.4, -0.2) is 36.7 Å². The minimum absolute atomic E-state index is 0.000532. The number of carbonyl (C=O) groups is 2. The first-order valence-electron chi connectivity index (χ1n) is 9.76. The number of aliphatic hydroxyl groups is 1. The summed E-state index contributed by atoms with van der Waals surface area (Å²) in [6.07, 6.45) is 2.37. The Kier molecular flexibility index (Phi) is 4.14. The first-order chi connectivity index (χ1) is 11.6. The Bertz CT molecular complexity index is 703. The Morgan fingerprint density at radius 1 is 1.23 bits per heavy atom. The highest BCUT2D eigenvalue weighted by Crippen LogP contribution is 2.64. The van der Waals surface area contributed by atoms with Gasteiger partial charge in [-0.05, 0) is 51.2 Å². The third kappa shape index (κ3) is 2.20. The third-order valence-electron chi connectivity index (χ3n) is 8.20. The Balaban J connectivity index is 2.22. The Labute approximate surface area is 158 Å². The van der Waals surface area contributed by atoms with Crippen molar-refractivity contribution in [2.24, 2.45) is 16.7 Å². The van der Waals surface area contributed by atoms with Crippen molar-refractivity contribution >= 4 is 19.9 Å². The molecule has 0 amide bonds. The lowest BCUT2D eigenvalue weighted by Crippen LogP contribution is -2.76. The second kappa shape index (κ2) is 5.39. The Morgan fingerprint density at radius 2 is 1.81 bits per heavy atom. The van der Waals surface area contributed by atoms with Crippen LogP contribution in [0.25, 0.3) is 0 Å². The second-order valence-corrected chi connectivity index (χ2v) is 15.4. The summed E-state index contributed by atoms with van der Waals surface area (Å²) in [5, 5.41) is 10.7. The molecule has 0 aromatic heterocycles. The fourth-order valence-electron chi connectivity index (χ4n) is 5.26. The van der Waals surface area contributed by atoms with Gasteiger partial charge >= 0.3 is 0 Å². The van der Waals surface area contributed by atoms with Crippen LogP contribution in [0.15, 0.2) is 11.6 Å². The summed E-state index contributed by atoms with van der Waals surface area (Å²) in [7, 11) is -2.28. The van der Waals surface area contributed by atoms with Crippen molar-refractivity contribution in [3.05, 3.63) is 11.6 Å². The molecule has 5 atom stereocenters. The first-order valence-corrected chi connectivity index (χ1v) is 12.7. The molecule has 0 radical (unpaired) electrons. The van der Waals surface area contributed by atoms with Crippen LogP contribution >= 0.6 is 0 Å². The number of rotatable bonds is 2. The van der Waals surface area contributed by atoms with E-state index in [1.54, 1.807) is 6.92 Å². The van der Waals surface area contributed by atoms with Crippen molar-refractivity contribution < 1.29 is 19.1 Å². The van der Waals surface area contributed by atoms with E-state index in [0.29, 0.717) is 12.8 Å². The van der Waals surface area contributed by atoms with Crippen LogP contribution < -0.4 is 0 Å². The molecule has 3 aliphatic rings. The van der Waals surface area contributed by atoms with Gasteiger partial charge in [0.15, 0.2) is 19.9 Å². The maximum atomic E-state index is 13.7. The highest BCUT2D eigenvalue weighted by Gasteiger charge is 2.74. The van der Waals surface area contributed by atoms with Crippen LogP contribution in [0.2, 0.25) is 18.1 Å². The normalized spacial score (nSPS) is 43.3. The molecular formula is C21H34O4Si. The van der Waals surface area contributed by atoms with Crippen LogP contribution in [0.1, 0.15) is 60.8 Å². The average Bonchev–Trinajstić information content (AvgIpc) is 2.49. The van der Waals surface area contributed by atoms with E-state index in [1.807, 2.05) is 13.8 Å². The number of allylic oxidation sites excluding steroid dienone is 1. The predicted octanol–water partition coefficient (Wildman–Crippen LogP) is 4.03. The van der Waals surface area contributed by atoms with E-state index in [2.05, 4.69) is 39.9 Å². The zero-order valence-corrected chi connectivity index (χ0v) is 18.5. The molecule has 0 aromatic carbocycles. The number of hydrogen-bond acceptors (Lipinski definition) is 4. The zero-order valence-electron chi connectivity index (χ0n) is 17.5. The van der Waals surface area contributed by atoms with Gasteiger partial charge in [-0.15, -0.1) is 0 Å². The van der Waals surface area contributed by atoms with Gasteiger partial charge in [0.1, 0.15) is 5.60 Å². The first kappa shape index (κ1) is 20.0. The number of aliphatic hydroxyl groups excluding tert-OH is 1. The summed E-state index contributed by atoms with van der Waals surface area (Å²) < 4.78 is 6.84. The largest absolute Gasteiger partial charge is 0.403 e. The summed E-state index contributed by atoms with van der Waals surface area (Å²) in [4.78, 5) is 27.3. The Hall–Kier alpha value is -0.783. The topological polar surface area (TPSA) is 63.6 Å². The zero-order chi connectivity index (χ0) is 19.9. The van der Waals surface area contributed by atoms with Crippen LogP contribution in [0.3, 0.4) is 0 Å². The molecule has 0 aliphatic heterocycles. The Morgan fingerprint density at radius 3 is 2.35 bits per heavy atom. The van der Waals surface area contributed by atoms with E-state index in [9.17, 15) is 14.7 Å². The fourth-order valence-corrected chi connectivity index (χ4v) is 6.84. The lowest BCUT2D eigenvalue weighted by Gasteiger charge is -2.65. The SMILES string of the molecule is CC1=CC[C@@]2(O[Si](C)(C)C(C)(C)C)C(=O)C[C@]3(C)C(=O)[C@@]2(C)[C@H]1C[C@@H]3O. The van der Waals surface area contributed by atoms with Crippen molar-refractivity contribution in [1.82, 2.24) is 0 Å². The molecule has 2 saturated carbocycles. The van der Waals surface area contributed by atoms with Gasteiger partial charge < -0.3 is 9.53 Å². The van der Waals surface area contributed by atoms with E-state index < -0.39 is 30.9 Å². The van der Waals surface area contributed by atoms with E-state index in [-0.39, 0.29) is 28.9 Å². The van der Waals surface area contributed by atoms with Crippen molar-refractivity contribution in [2.75, 3.05) is 0 Å². The number of carbonyl (C=O) groups excluding carboxylic acids is 2. The quantitative estimate of drug-likeness (QED) is 0.582. The molecule has 4 nitrogen and oxygen atoms in total. The third-order valence-corrected chi connectivity index (χ3v) is 12.7. The van der Waals surface area contributed by atoms with Crippen molar-refractivity contribution in [3.63, 3.8) is 0 Å². The number of fused-ring (bicyclic) bond motifs is 1. The highest BCUT2D eigenvalue weighted by molar-refractivity contribution is 6.74. The molecule has 3 rings (SSSR count). The molecule has 2 fully saturated rings. The van der Waals surface area contributed by atoms with Gasteiger partial charge in [-0.2, -0.15) is 0 Å². The molecule has 0 saturated heterocycles. The summed E-state index contributed by atoms with van der Waals surface area (Å²) in [6.45, 7) is 16.5. The summed E-state index contributed by atoms with van der Waals surface area (Å²) in [5.74, 6) is -0.125. The van der Waals surface area contributed by atoms with Crippen molar-refractivity contribution in [2.45, 2.75) is 90.6 Å². The number of hydrogen-bond donors (Lipinski definition) is 1. The summed E-state index contributed by atoms with van der Waals surface area (Å²) in [5.41, 5.74) is -1.87. The summed E-state index contributed by atoms with van der Waals surface area (Å²) in [6, 6.07) is 0. The molecule has 0 aromatic rings. The molecule has 0 unspecified atom stereocenters. The standard InChI is InChI=1S/C21H34O4Si/c1-13-9-10-21(25-26(7,8)18(2,3)4)16(23)12-19(5)15(22)11-14(13)20(21,6)17(19)24/h9,14-15,22H,10-12H2,1-8H3/t14-,15-,19-,20+,21+/m0/s1. The van der Waals surface area contributed by atoms with E-state index in [4.69, 9.17) is 4.43 Å². The van der Waals surface area contributed by atoms with E-state index in [0.717, 1.165) is 5.57 Å². The van der Waals surface area contributed by atoms with Crippen LogP contribution in [0.4, 0.5) is 0 Å². The monoisotopic (exact) mass is 378 g/mol. The molecular weight excluding hydrogens is 344 g/mol. The van der Waals surface area contributed by atoms with Gasteiger partial charge in [-0.3, -0.25) is 9.59 Å². The lowest BCUT2D eigenvalue weighted by molar-refractivity contribution is -0.203. The maximum absolute atomic E-state index is 13.7. The molecule has 5 heteroatoms. The minimum atomic E-state index is -2.28. The molecule has 2 bridgehead atoms. The van der Waals surface area contributed by atoms with Crippen molar-refractivity contribution in [3.8, 4) is 0 Å². The van der Waals surface area contributed by atoms with Crippen molar-refractivity contribution in [1.29, 1.82) is 0 Å². The van der Waals surface area contributed by atoms with Crippen LogP contribution in [0, 0.1) is 16.7 Å². The number of Topliss-reactive ketones (excluding diaryl/α,β-unsaturated/α-hetero) is 2. The lowest BCUT2D eigenvalue weighted by atomic mass is 9.42. The fraction of sp³-hybridized carbons (Fsp3) is 0.810. The molecule has 3 aliphatic carbocycles. The van der Waals surface area contributed by atoms with Crippen LogP contribution in [0.5, 0.6) is 0 Å². The van der Waals surface area contributed by atoms with E-state index >= 15 is 0 Å². The summed E-state index contributed by atoms with van der Waals surface area (Å²) >= 11 is 0. The average molecular weight is 379 g/mol. The van der Waals surface area contributed by atoms with Crippen LogP contribution in [-0.2, 0) is 14.0 Å². The van der Waals surface area contributed by atoms with Gasteiger partial charge in [-0.1, -0.05) is 32.4 Å². The smallest absolute Gasteiger partial charge is 0.193 e. The molecule has 0 heterocycles. The molecule has 26 heavy (non-hydrogen) atoms. The van der Waals surface area contributed by atoms with Gasteiger partial charge in [0.25, 0.3) is 0 Å². The molecule has 146 valence electrons. The van der Waals surface area contributed by atoms with Gasteiger partial charge in [0.05, 0.1) is 16.9 Å². The van der Waals surface area contributed by atoms with Gasteiger partial charge in [0, 0.05) is 12.8 Å². The van der Waals surface area contributed by atoms with Gasteiger partial charge in [-0.25, -0.2) is 0 Å². The van der Waals surface area contributed by atoms with E-state index in [1.165, 1.54) is 0 Å².